The third-order valence-electron chi connectivity index (χ3n) is 3.35. The molecule has 17 heavy (non-hydrogen) atoms. The quantitative estimate of drug-likeness (QED) is 0.908. The second-order valence-corrected chi connectivity index (χ2v) is 5.52. The molecule has 1 atom stereocenters. The summed E-state index contributed by atoms with van der Waals surface area (Å²) in [5, 5.41) is 8.90. The number of hydrogen-bond acceptors (Lipinski definition) is 3. The van der Waals surface area contributed by atoms with Crippen molar-refractivity contribution in [3.63, 3.8) is 0 Å². The lowest BCUT2D eigenvalue weighted by molar-refractivity contribution is 0.208. The van der Waals surface area contributed by atoms with Crippen molar-refractivity contribution in [1.82, 2.24) is 9.88 Å². The maximum absolute atomic E-state index is 8.90. The second kappa shape index (κ2) is 6.47. The maximum atomic E-state index is 8.90. The lowest BCUT2D eigenvalue weighted by Gasteiger charge is -2.23. The fraction of sp³-hybridized carbons (Fsp3) is 0.615. The van der Waals surface area contributed by atoms with Gasteiger partial charge in [0.25, 0.3) is 0 Å². The van der Waals surface area contributed by atoms with Gasteiger partial charge in [0.15, 0.2) is 0 Å². The molecule has 1 fully saturated rings. The summed E-state index contributed by atoms with van der Waals surface area (Å²) in [5.41, 5.74) is 1.13. The van der Waals surface area contributed by atoms with E-state index in [4.69, 9.17) is 5.11 Å². The average molecular weight is 299 g/mol. The molecular weight excluding hydrogens is 280 g/mol. The average Bonchev–Trinajstić information content (AvgIpc) is 2.77. The van der Waals surface area contributed by atoms with Crippen molar-refractivity contribution < 1.29 is 5.11 Å². The zero-order chi connectivity index (χ0) is 12.1. The molecule has 3 nitrogen and oxygen atoms in total. The summed E-state index contributed by atoms with van der Waals surface area (Å²) in [6.45, 7) is 2.40. The predicted octanol–water partition coefficient (Wildman–Crippen LogP) is 2.58. The van der Waals surface area contributed by atoms with Gasteiger partial charge in [0.1, 0.15) is 0 Å². The Balaban J connectivity index is 1.90. The molecule has 0 bridgehead atoms. The third-order valence-corrected chi connectivity index (χ3v) is 3.82. The van der Waals surface area contributed by atoms with Crippen LogP contribution in [0.4, 0.5) is 0 Å². The van der Waals surface area contributed by atoms with Gasteiger partial charge < -0.3 is 5.11 Å². The number of rotatable bonds is 5. The van der Waals surface area contributed by atoms with Gasteiger partial charge in [-0.25, -0.2) is 0 Å². The lowest BCUT2D eigenvalue weighted by atomic mass is 10.1. The highest BCUT2D eigenvalue weighted by Crippen LogP contribution is 2.23. The van der Waals surface area contributed by atoms with Crippen LogP contribution in [0, 0.1) is 0 Å². The molecule has 2 heterocycles. The van der Waals surface area contributed by atoms with Gasteiger partial charge in [-0.3, -0.25) is 9.88 Å². The molecule has 0 aliphatic carbocycles. The first-order valence-corrected chi connectivity index (χ1v) is 7.04. The number of hydrogen-bond donors (Lipinski definition) is 1. The fourth-order valence-electron chi connectivity index (χ4n) is 2.47. The summed E-state index contributed by atoms with van der Waals surface area (Å²) in [6, 6.07) is 4.75. The molecule has 1 aromatic heterocycles. The molecule has 1 unspecified atom stereocenters. The van der Waals surface area contributed by atoms with Gasteiger partial charge in [0.05, 0.1) is 5.69 Å². The first-order valence-electron chi connectivity index (χ1n) is 6.25. The van der Waals surface area contributed by atoms with E-state index < -0.39 is 0 Å². The molecular formula is C13H19BrN2O. The van der Waals surface area contributed by atoms with Crippen LogP contribution < -0.4 is 0 Å². The molecule has 0 amide bonds. The Labute approximate surface area is 111 Å². The largest absolute Gasteiger partial charge is 0.396 e. The highest BCUT2D eigenvalue weighted by atomic mass is 79.9. The summed E-state index contributed by atoms with van der Waals surface area (Å²) in [6.07, 6.45) is 6.40. The van der Waals surface area contributed by atoms with Crippen LogP contribution in [0.2, 0.25) is 0 Å². The van der Waals surface area contributed by atoms with Crippen molar-refractivity contribution in [2.45, 2.75) is 38.3 Å². The van der Waals surface area contributed by atoms with Gasteiger partial charge in [-0.1, -0.05) is 0 Å². The number of aliphatic hydroxyl groups excluding tert-OH is 1. The molecule has 2 rings (SSSR count). The van der Waals surface area contributed by atoms with E-state index >= 15 is 0 Å². The molecule has 1 aliphatic rings. The van der Waals surface area contributed by atoms with E-state index in [0.29, 0.717) is 12.6 Å². The number of halogens is 1. The fourth-order valence-corrected chi connectivity index (χ4v) is 2.70. The van der Waals surface area contributed by atoms with E-state index in [0.717, 1.165) is 36.1 Å². The van der Waals surface area contributed by atoms with Crippen LogP contribution >= 0.6 is 15.9 Å². The minimum absolute atomic E-state index is 0.306. The lowest BCUT2D eigenvalue weighted by Crippen LogP contribution is -2.29. The third kappa shape index (κ3) is 3.76. The van der Waals surface area contributed by atoms with Crippen LogP contribution in [0.25, 0.3) is 0 Å². The minimum atomic E-state index is 0.306. The standard InChI is InChI=1S/C13H19BrN2O/c14-11-5-6-12(15-9-11)10-16-7-1-3-13(16)4-2-8-17/h5-6,9,13,17H,1-4,7-8,10H2. The molecule has 1 aromatic rings. The molecule has 0 saturated carbocycles. The molecule has 1 aliphatic heterocycles. The Morgan fingerprint density at radius 1 is 1.47 bits per heavy atom. The van der Waals surface area contributed by atoms with Crippen LogP contribution in [0.5, 0.6) is 0 Å². The minimum Gasteiger partial charge on any atom is -0.396 e. The normalized spacial score (nSPS) is 20.9. The van der Waals surface area contributed by atoms with Crippen LogP contribution in [0.3, 0.4) is 0 Å². The summed E-state index contributed by atoms with van der Waals surface area (Å²) >= 11 is 3.40. The van der Waals surface area contributed by atoms with Gasteiger partial charge in [-0.05, 0) is 60.3 Å². The van der Waals surface area contributed by atoms with Crippen LogP contribution in [0.15, 0.2) is 22.8 Å². The zero-order valence-corrected chi connectivity index (χ0v) is 11.6. The Morgan fingerprint density at radius 3 is 3.06 bits per heavy atom. The number of nitrogens with zero attached hydrogens (tertiary/aromatic N) is 2. The summed E-state index contributed by atoms with van der Waals surface area (Å²) in [4.78, 5) is 6.91. The molecule has 4 heteroatoms. The van der Waals surface area contributed by atoms with E-state index in [2.05, 4.69) is 31.9 Å². The van der Waals surface area contributed by atoms with Crippen LogP contribution in [-0.4, -0.2) is 34.2 Å². The predicted molar refractivity (Wildman–Crippen MR) is 71.7 cm³/mol. The SMILES string of the molecule is OCCCC1CCCN1Cc1ccc(Br)cn1. The highest BCUT2D eigenvalue weighted by Gasteiger charge is 2.23. The smallest absolute Gasteiger partial charge is 0.0544 e. The van der Waals surface area contributed by atoms with Crippen molar-refractivity contribution >= 4 is 15.9 Å². The molecule has 0 spiro atoms. The van der Waals surface area contributed by atoms with Gasteiger partial charge in [0, 0.05) is 29.9 Å². The molecule has 0 radical (unpaired) electrons. The Morgan fingerprint density at radius 2 is 2.35 bits per heavy atom. The van der Waals surface area contributed by atoms with Crippen molar-refractivity contribution in [1.29, 1.82) is 0 Å². The van der Waals surface area contributed by atoms with Crippen molar-refractivity contribution in [3.8, 4) is 0 Å². The zero-order valence-electron chi connectivity index (χ0n) is 9.98. The first-order chi connectivity index (χ1) is 8.29. The number of likely N-dealkylation sites (tertiary alicyclic amines) is 1. The van der Waals surface area contributed by atoms with E-state index in [-0.39, 0.29) is 0 Å². The Hall–Kier alpha value is -0.450. The topological polar surface area (TPSA) is 36.4 Å². The van der Waals surface area contributed by atoms with E-state index in [1.165, 1.54) is 12.8 Å². The summed E-state index contributed by atoms with van der Waals surface area (Å²) in [7, 11) is 0. The first kappa shape index (κ1) is 13.0. The van der Waals surface area contributed by atoms with E-state index in [1.54, 1.807) is 0 Å². The van der Waals surface area contributed by atoms with Crippen molar-refractivity contribution in [2.75, 3.05) is 13.2 Å². The van der Waals surface area contributed by atoms with Crippen molar-refractivity contribution in [3.05, 3.63) is 28.5 Å². The molecule has 94 valence electrons. The molecule has 0 aromatic carbocycles. The van der Waals surface area contributed by atoms with Gasteiger partial charge in [-0.2, -0.15) is 0 Å². The summed E-state index contributed by atoms with van der Waals surface area (Å²) in [5.74, 6) is 0. The van der Waals surface area contributed by atoms with E-state index in [1.807, 2.05) is 12.3 Å². The molecule has 1 saturated heterocycles. The number of pyridine rings is 1. The van der Waals surface area contributed by atoms with Crippen LogP contribution in [-0.2, 0) is 6.54 Å². The van der Waals surface area contributed by atoms with Gasteiger partial charge >= 0.3 is 0 Å². The highest BCUT2D eigenvalue weighted by molar-refractivity contribution is 9.10. The molecule has 1 N–H and O–H groups in total. The second-order valence-electron chi connectivity index (χ2n) is 4.60. The number of aliphatic hydroxyl groups is 1. The van der Waals surface area contributed by atoms with Gasteiger partial charge in [0.2, 0.25) is 0 Å². The van der Waals surface area contributed by atoms with E-state index in [9.17, 15) is 0 Å². The Bertz CT molecular complexity index is 342. The maximum Gasteiger partial charge on any atom is 0.0544 e. The number of aromatic nitrogens is 1. The van der Waals surface area contributed by atoms with Crippen molar-refractivity contribution in [2.24, 2.45) is 0 Å². The van der Waals surface area contributed by atoms with Crippen LogP contribution in [0.1, 0.15) is 31.4 Å². The Kier molecular flexibility index (Phi) is 4.95. The monoisotopic (exact) mass is 298 g/mol. The van der Waals surface area contributed by atoms with Gasteiger partial charge in [-0.15, -0.1) is 0 Å². The summed E-state index contributed by atoms with van der Waals surface area (Å²) < 4.78 is 1.03.